The van der Waals surface area contributed by atoms with E-state index in [4.69, 9.17) is 9.26 Å². The zero-order chi connectivity index (χ0) is 16.2. The molecule has 0 radical (unpaired) electrons. The molecule has 128 valence electrons. The van der Waals surface area contributed by atoms with Crippen LogP contribution >= 0.6 is 0 Å². The molecule has 1 aliphatic heterocycles. The highest BCUT2D eigenvalue weighted by molar-refractivity contribution is 5.51. The van der Waals surface area contributed by atoms with Crippen LogP contribution in [0.3, 0.4) is 0 Å². The minimum Gasteiger partial charge on any atom is -0.367 e. The average Bonchev–Trinajstić information content (AvgIpc) is 3.33. The van der Waals surface area contributed by atoms with Crippen LogP contribution in [0.2, 0.25) is 0 Å². The number of nitrogens with zero attached hydrogens (tertiary/aromatic N) is 4. The van der Waals surface area contributed by atoms with Crippen LogP contribution in [-0.2, 0) is 11.3 Å². The van der Waals surface area contributed by atoms with E-state index < -0.39 is 0 Å². The molecule has 0 amide bonds. The molecule has 1 saturated carbocycles. The molecule has 6 nitrogen and oxygen atoms in total. The van der Waals surface area contributed by atoms with Gasteiger partial charge >= 0.3 is 0 Å². The lowest BCUT2D eigenvalue weighted by Crippen LogP contribution is -2.44. The summed E-state index contributed by atoms with van der Waals surface area (Å²) in [5.41, 5.74) is 0.859. The Kier molecular flexibility index (Phi) is 4.85. The van der Waals surface area contributed by atoms with E-state index in [9.17, 15) is 0 Å². The molecule has 0 unspecified atom stereocenters. The summed E-state index contributed by atoms with van der Waals surface area (Å²) in [5.74, 6) is 1.10. The lowest BCUT2D eigenvalue weighted by Gasteiger charge is -2.36. The van der Waals surface area contributed by atoms with Crippen LogP contribution in [-0.4, -0.2) is 45.3 Å². The number of rotatable bonds is 5. The zero-order valence-electron chi connectivity index (χ0n) is 13.9. The Hall–Kier alpha value is -1.79. The average molecular weight is 328 g/mol. The number of ether oxygens (including phenoxy) is 1. The topological polar surface area (TPSA) is 64.3 Å². The molecule has 1 saturated heterocycles. The Bertz CT molecular complexity index is 639. The van der Waals surface area contributed by atoms with E-state index in [-0.39, 0.29) is 6.10 Å². The van der Waals surface area contributed by atoms with Crippen LogP contribution in [0.25, 0.3) is 11.4 Å². The predicted molar refractivity (Wildman–Crippen MR) is 89.2 cm³/mol. The number of hydrogen-bond acceptors (Lipinski definition) is 6. The van der Waals surface area contributed by atoms with Gasteiger partial charge in [-0.25, -0.2) is 0 Å². The van der Waals surface area contributed by atoms with Crippen LogP contribution in [0.5, 0.6) is 0 Å². The third-order valence-electron chi connectivity index (χ3n) is 5.08. The van der Waals surface area contributed by atoms with Crippen LogP contribution in [0, 0.1) is 0 Å². The standard InChI is InChI=1S/C18H24N4O2/c1-2-7-15(6-1)22-10-4-8-16(12-22)23-13-17-20-18(21-24-17)14-5-3-9-19-11-14/h3,5,9,11,15-16H,1-2,4,6-8,10,12-13H2/t16-/m0/s1. The maximum Gasteiger partial charge on any atom is 0.252 e. The number of piperidine rings is 1. The largest absolute Gasteiger partial charge is 0.367 e. The molecule has 2 aromatic heterocycles. The Balaban J connectivity index is 1.31. The van der Waals surface area contributed by atoms with Gasteiger partial charge in [-0.2, -0.15) is 4.98 Å². The van der Waals surface area contributed by atoms with Gasteiger partial charge in [0.25, 0.3) is 5.89 Å². The molecular weight excluding hydrogens is 304 g/mol. The van der Waals surface area contributed by atoms with Crippen LogP contribution in [0.4, 0.5) is 0 Å². The predicted octanol–water partition coefficient (Wildman–Crippen LogP) is 3.06. The van der Waals surface area contributed by atoms with Gasteiger partial charge in [-0.3, -0.25) is 9.88 Å². The highest BCUT2D eigenvalue weighted by atomic mass is 16.5. The van der Waals surface area contributed by atoms with Crippen molar-refractivity contribution in [1.82, 2.24) is 20.0 Å². The van der Waals surface area contributed by atoms with Gasteiger partial charge in [0.15, 0.2) is 0 Å². The van der Waals surface area contributed by atoms with Gasteiger partial charge in [0, 0.05) is 30.5 Å². The number of hydrogen-bond donors (Lipinski definition) is 0. The summed E-state index contributed by atoms with van der Waals surface area (Å²) < 4.78 is 11.4. The third kappa shape index (κ3) is 3.65. The Morgan fingerprint density at radius 1 is 1.21 bits per heavy atom. The molecule has 6 heteroatoms. The van der Waals surface area contributed by atoms with Crippen molar-refractivity contribution in [2.45, 2.75) is 57.3 Å². The van der Waals surface area contributed by atoms with Crippen LogP contribution < -0.4 is 0 Å². The van der Waals surface area contributed by atoms with E-state index in [1.165, 1.54) is 38.6 Å². The molecule has 24 heavy (non-hydrogen) atoms. The van der Waals surface area contributed by atoms with E-state index in [0.717, 1.165) is 24.6 Å². The van der Waals surface area contributed by atoms with E-state index >= 15 is 0 Å². The number of likely N-dealkylation sites (tertiary alicyclic amines) is 1. The minimum atomic E-state index is 0.271. The number of pyridine rings is 1. The van der Waals surface area contributed by atoms with Crippen molar-refractivity contribution in [3.8, 4) is 11.4 Å². The Morgan fingerprint density at radius 3 is 2.96 bits per heavy atom. The van der Waals surface area contributed by atoms with Crippen LogP contribution in [0.15, 0.2) is 29.0 Å². The fourth-order valence-electron chi connectivity index (χ4n) is 3.82. The smallest absolute Gasteiger partial charge is 0.252 e. The first kappa shape index (κ1) is 15.7. The van der Waals surface area contributed by atoms with Crippen molar-refractivity contribution < 1.29 is 9.26 Å². The first-order valence-corrected chi connectivity index (χ1v) is 8.97. The SMILES string of the molecule is c1cncc(-c2noc(CO[C@H]3CCCN(C4CCCC4)C3)n2)c1. The summed E-state index contributed by atoms with van der Waals surface area (Å²) in [6.45, 7) is 2.64. The van der Waals surface area contributed by atoms with Gasteiger partial charge in [0.2, 0.25) is 5.82 Å². The molecule has 2 aliphatic rings. The van der Waals surface area contributed by atoms with Crippen molar-refractivity contribution in [3.05, 3.63) is 30.4 Å². The van der Waals surface area contributed by atoms with Crippen molar-refractivity contribution in [2.24, 2.45) is 0 Å². The van der Waals surface area contributed by atoms with Crippen LogP contribution in [0.1, 0.15) is 44.4 Å². The van der Waals surface area contributed by atoms with Gasteiger partial charge in [-0.1, -0.05) is 18.0 Å². The van der Waals surface area contributed by atoms with Gasteiger partial charge in [0.1, 0.15) is 6.61 Å². The third-order valence-corrected chi connectivity index (χ3v) is 5.08. The molecule has 0 spiro atoms. The lowest BCUT2D eigenvalue weighted by molar-refractivity contribution is -0.0287. The normalized spacial score (nSPS) is 22.9. The van der Waals surface area contributed by atoms with Gasteiger partial charge in [-0.05, 0) is 44.4 Å². The Morgan fingerprint density at radius 2 is 2.12 bits per heavy atom. The molecule has 1 aliphatic carbocycles. The zero-order valence-corrected chi connectivity index (χ0v) is 13.9. The van der Waals surface area contributed by atoms with E-state index in [2.05, 4.69) is 20.0 Å². The highest BCUT2D eigenvalue weighted by Gasteiger charge is 2.28. The van der Waals surface area contributed by atoms with E-state index in [1.54, 1.807) is 12.4 Å². The quantitative estimate of drug-likeness (QED) is 0.840. The fourth-order valence-corrected chi connectivity index (χ4v) is 3.82. The molecule has 1 atom stereocenters. The van der Waals surface area contributed by atoms with Crippen molar-refractivity contribution in [3.63, 3.8) is 0 Å². The summed E-state index contributed by atoms with van der Waals surface area (Å²) in [6.07, 6.45) is 11.5. The summed E-state index contributed by atoms with van der Waals surface area (Å²) >= 11 is 0. The van der Waals surface area contributed by atoms with E-state index in [1.807, 2.05) is 12.1 Å². The van der Waals surface area contributed by atoms with E-state index in [0.29, 0.717) is 18.3 Å². The molecular formula is C18H24N4O2. The molecule has 2 fully saturated rings. The molecule has 2 aromatic rings. The molecule has 3 heterocycles. The maximum atomic E-state index is 6.05. The second kappa shape index (κ2) is 7.40. The molecule has 0 bridgehead atoms. The summed E-state index contributed by atoms with van der Waals surface area (Å²) in [4.78, 5) is 11.1. The summed E-state index contributed by atoms with van der Waals surface area (Å²) in [7, 11) is 0. The maximum absolute atomic E-state index is 6.05. The molecule has 0 N–H and O–H groups in total. The fraction of sp³-hybridized carbons (Fsp3) is 0.611. The monoisotopic (exact) mass is 328 g/mol. The number of aromatic nitrogens is 3. The second-order valence-electron chi connectivity index (χ2n) is 6.76. The van der Waals surface area contributed by atoms with Crippen molar-refractivity contribution in [2.75, 3.05) is 13.1 Å². The van der Waals surface area contributed by atoms with Crippen molar-refractivity contribution >= 4 is 0 Å². The summed E-state index contributed by atoms with van der Waals surface area (Å²) in [6, 6.07) is 4.56. The summed E-state index contributed by atoms with van der Waals surface area (Å²) in [5, 5.41) is 4.01. The van der Waals surface area contributed by atoms with Crippen molar-refractivity contribution in [1.29, 1.82) is 0 Å². The van der Waals surface area contributed by atoms with Gasteiger partial charge in [0.05, 0.1) is 6.10 Å². The molecule has 0 aromatic carbocycles. The first-order valence-electron chi connectivity index (χ1n) is 8.97. The molecule has 4 rings (SSSR count). The lowest BCUT2D eigenvalue weighted by atomic mass is 10.0. The minimum absolute atomic E-state index is 0.271. The Labute approximate surface area is 142 Å². The van der Waals surface area contributed by atoms with Gasteiger partial charge in [-0.15, -0.1) is 0 Å². The second-order valence-corrected chi connectivity index (χ2v) is 6.76. The highest BCUT2D eigenvalue weighted by Crippen LogP contribution is 2.27. The first-order chi connectivity index (χ1) is 11.9. The van der Waals surface area contributed by atoms with Gasteiger partial charge < -0.3 is 9.26 Å².